The zero-order valence-electron chi connectivity index (χ0n) is 5.94. The van der Waals surface area contributed by atoms with Gasteiger partial charge in [-0.1, -0.05) is 0 Å². The molecule has 0 aliphatic carbocycles. The predicted octanol–water partition coefficient (Wildman–Crippen LogP) is 0.188. The molecule has 0 atom stereocenters. The summed E-state index contributed by atoms with van der Waals surface area (Å²) in [5.41, 5.74) is 7.15. The van der Waals surface area contributed by atoms with Crippen LogP contribution in [0, 0.1) is 0 Å². The third kappa shape index (κ3) is 0.969. The van der Waals surface area contributed by atoms with Gasteiger partial charge in [0.05, 0.1) is 11.9 Å². The molecule has 56 valence electrons. The van der Waals surface area contributed by atoms with Gasteiger partial charge in [0.25, 0.3) is 0 Å². The molecule has 4 heteroatoms. The molecule has 0 saturated heterocycles. The third-order valence-corrected chi connectivity index (χ3v) is 1.52. The van der Waals surface area contributed by atoms with Crippen molar-refractivity contribution in [1.82, 2.24) is 14.4 Å². The highest BCUT2D eigenvalue weighted by atomic mass is 15.0. The third-order valence-electron chi connectivity index (χ3n) is 1.52. The van der Waals surface area contributed by atoms with Crippen LogP contribution in [0.3, 0.4) is 0 Å². The van der Waals surface area contributed by atoms with Gasteiger partial charge in [-0.2, -0.15) is 0 Å². The van der Waals surface area contributed by atoms with Crippen molar-refractivity contribution in [1.29, 1.82) is 0 Å². The maximum absolute atomic E-state index is 5.42. The highest BCUT2D eigenvalue weighted by molar-refractivity contribution is 5.36. The van der Waals surface area contributed by atoms with Gasteiger partial charge in [-0.15, -0.1) is 0 Å². The molecule has 0 aromatic carbocycles. The molecule has 2 rings (SSSR count). The first-order valence-corrected chi connectivity index (χ1v) is 3.38. The van der Waals surface area contributed by atoms with Crippen LogP contribution < -0.4 is 5.73 Å². The Kier molecular flexibility index (Phi) is 1.33. The van der Waals surface area contributed by atoms with Crippen LogP contribution in [0.25, 0.3) is 5.65 Å². The first-order valence-electron chi connectivity index (χ1n) is 3.38. The largest absolute Gasteiger partial charge is 0.325 e. The number of hydrogen-bond acceptors (Lipinski definition) is 3. The SMILES string of the molecule is NCc1cn2ccncc2n1. The number of imidazole rings is 1. The van der Waals surface area contributed by atoms with Crippen LogP contribution in [0.15, 0.2) is 24.8 Å². The first kappa shape index (κ1) is 6.30. The Bertz CT molecular complexity index is 332. The van der Waals surface area contributed by atoms with Crippen molar-refractivity contribution in [2.45, 2.75) is 6.54 Å². The van der Waals surface area contributed by atoms with Gasteiger partial charge in [0.2, 0.25) is 0 Å². The molecule has 0 amide bonds. The molecular weight excluding hydrogens is 140 g/mol. The fourth-order valence-electron chi connectivity index (χ4n) is 0.994. The van der Waals surface area contributed by atoms with Crippen LogP contribution in [0.2, 0.25) is 0 Å². The molecule has 0 bridgehead atoms. The molecule has 0 saturated carbocycles. The van der Waals surface area contributed by atoms with E-state index in [1.54, 1.807) is 12.4 Å². The highest BCUT2D eigenvalue weighted by Crippen LogP contribution is 2.00. The number of fused-ring (bicyclic) bond motifs is 1. The van der Waals surface area contributed by atoms with Crippen molar-refractivity contribution in [2.24, 2.45) is 5.73 Å². The van der Waals surface area contributed by atoms with Crippen molar-refractivity contribution < 1.29 is 0 Å². The van der Waals surface area contributed by atoms with Gasteiger partial charge in [0, 0.05) is 25.1 Å². The minimum absolute atomic E-state index is 0.474. The van der Waals surface area contributed by atoms with Crippen molar-refractivity contribution in [3.8, 4) is 0 Å². The van der Waals surface area contributed by atoms with Crippen LogP contribution in [-0.2, 0) is 6.54 Å². The van der Waals surface area contributed by atoms with Crippen LogP contribution in [0.4, 0.5) is 0 Å². The van der Waals surface area contributed by atoms with Gasteiger partial charge in [-0.05, 0) is 0 Å². The monoisotopic (exact) mass is 148 g/mol. The van der Waals surface area contributed by atoms with E-state index in [0.29, 0.717) is 6.54 Å². The van der Waals surface area contributed by atoms with E-state index < -0.39 is 0 Å². The minimum atomic E-state index is 0.474. The van der Waals surface area contributed by atoms with Crippen molar-refractivity contribution >= 4 is 5.65 Å². The van der Waals surface area contributed by atoms with Crippen LogP contribution in [0.1, 0.15) is 5.69 Å². The molecule has 2 aromatic heterocycles. The average Bonchev–Trinajstić information content (AvgIpc) is 2.46. The van der Waals surface area contributed by atoms with E-state index in [9.17, 15) is 0 Å². The van der Waals surface area contributed by atoms with E-state index in [2.05, 4.69) is 9.97 Å². The van der Waals surface area contributed by atoms with E-state index in [-0.39, 0.29) is 0 Å². The van der Waals surface area contributed by atoms with Gasteiger partial charge >= 0.3 is 0 Å². The average molecular weight is 148 g/mol. The second-order valence-corrected chi connectivity index (χ2v) is 2.28. The smallest absolute Gasteiger partial charge is 0.155 e. The molecule has 11 heavy (non-hydrogen) atoms. The number of aromatic nitrogens is 3. The Hall–Kier alpha value is -1.42. The fraction of sp³-hybridized carbons (Fsp3) is 0.143. The number of nitrogens with zero attached hydrogens (tertiary/aromatic N) is 3. The summed E-state index contributed by atoms with van der Waals surface area (Å²) in [6.07, 6.45) is 7.17. The molecule has 4 nitrogen and oxygen atoms in total. The van der Waals surface area contributed by atoms with Gasteiger partial charge in [-0.25, -0.2) is 4.98 Å². The summed E-state index contributed by atoms with van der Waals surface area (Å²) < 4.78 is 1.90. The quantitative estimate of drug-likeness (QED) is 0.628. The summed E-state index contributed by atoms with van der Waals surface area (Å²) >= 11 is 0. The van der Waals surface area contributed by atoms with E-state index in [1.165, 1.54) is 0 Å². The Morgan fingerprint density at radius 1 is 1.55 bits per heavy atom. The standard InChI is InChI=1S/C7H8N4/c8-3-6-5-11-2-1-9-4-7(11)10-6/h1-2,4-5H,3,8H2. The van der Waals surface area contributed by atoms with Gasteiger partial charge in [-0.3, -0.25) is 4.98 Å². The van der Waals surface area contributed by atoms with Gasteiger partial charge < -0.3 is 10.1 Å². The Morgan fingerprint density at radius 2 is 2.45 bits per heavy atom. The predicted molar refractivity (Wildman–Crippen MR) is 40.9 cm³/mol. The van der Waals surface area contributed by atoms with Crippen LogP contribution in [-0.4, -0.2) is 14.4 Å². The molecular formula is C7H8N4. The number of nitrogens with two attached hydrogens (primary N) is 1. The molecule has 0 unspecified atom stereocenters. The van der Waals surface area contributed by atoms with Gasteiger partial charge in [0.1, 0.15) is 0 Å². The molecule has 0 radical (unpaired) electrons. The summed E-state index contributed by atoms with van der Waals surface area (Å²) in [5.74, 6) is 0. The normalized spacial score (nSPS) is 10.6. The number of hydrogen-bond donors (Lipinski definition) is 1. The molecule has 2 aromatic rings. The first-order chi connectivity index (χ1) is 5.40. The summed E-state index contributed by atoms with van der Waals surface area (Å²) in [7, 11) is 0. The van der Waals surface area contributed by atoms with E-state index in [4.69, 9.17) is 5.73 Å². The molecule has 0 fully saturated rings. The van der Waals surface area contributed by atoms with Crippen molar-refractivity contribution in [3.05, 3.63) is 30.5 Å². The van der Waals surface area contributed by atoms with E-state index in [0.717, 1.165) is 11.3 Å². The highest BCUT2D eigenvalue weighted by Gasteiger charge is 1.96. The summed E-state index contributed by atoms with van der Waals surface area (Å²) in [6, 6.07) is 0. The van der Waals surface area contributed by atoms with Crippen molar-refractivity contribution in [2.75, 3.05) is 0 Å². The molecule has 2 heterocycles. The van der Waals surface area contributed by atoms with E-state index >= 15 is 0 Å². The summed E-state index contributed by atoms with van der Waals surface area (Å²) in [6.45, 7) is 0.474. The van der Waals surface area contributed by atoms with Gasteiger partial charge in [0.15, 0.2) is 5.65 Å². The molecule has 0 aliphatic rings. The summed E-state index contributed by atoms with van der Waals surface area (Å²) in [5, 5.41) is 0. The topological polar surface area (TPSA) is 56.2 Å². The fourth-order valence-corrected chi connectivity index (χ4v) is 0.994. The second kappa shape index (κ2) is 2.32. The summed E-state index contributed by atoms with van der Waals surface area (Å²) in [4.78, 5) is 8.14. The maximum Gasteiger partial charge on any atom is 0.155 e. The zero-order valence-corrected chi connectivity index (χ0v) is 5.94. The number of rotatable bonds is 1. The Labute approximate surface area is 63.7 Å². The second-order valence-electron chi connectivity index (χ2n) is 2.28. The van der Waals surface area contributed by atoms with E-state index in [1.807, 2.05) is 16.8 Å². The molecule has 0 aliphatic heterocycles. The minimum Gasteiger partial charge on any atom is -0.325 e. The lowest BCUT2D eigenvalue weighted by Crippen LogP contribution is -1.95. The lowest BCUT2D eigenvalue weighted by Gasteiger charge is -1.86. The lowest BCUT2D eigenvalue weighted by molar-refractivity contribution is 1.02. The van der Waals surface area contributed by atoms with Crippen LogP contribution >= 0.6 is 0 Å². The van der Waals surface area contributed by atoms with Crippen molar-refractivity contribution in [3.63, 3.8) is 0 Å². The maximum atomic E-state index is 5.42. The Morgan fingerprint density at radius 3 is 3.18 bits per heavy atom. The lowest BCUT2D eigenvalue weighted by atomic mass is 10.5. The zero-order chi connectivity index (χ0) is 7.68. The Balaban J connectivity index is 2.69. The van der Waals surface area contributed by atoms with Crippen LogP contribution in [0.5, 0.6) is 0 Å². The molecule has 2 N–H and O–H groups in total. The molecule has 0 spiro atoms.